The maximum atomic E-state index is 6.34. The fourth-order valence-electron chi connectivity index (χ4n) is 21.4. The number of hydrogen-bond acceptors (Lipinski definition) is 11. The number of imidazole rings is 3. The Labute approximate surface area is 883 Å². The van der Waals surface area contributed by atoms with Crippen LogP contribution in [0.1, 0.15) is 112 Å². The zero-order chi connectivity index (χ0) is 94.0. The third-order valence-electron chi connectivity index (χ3n) is 27.5. The molecule has 0 aliphatic heterocycles. The van der Waals surface area contributed by atoms with E-state index in [4.69, 9.17) is 37.2 Å². The zero-order valence-electron chi connectivity index (χ0n) is 81.6. The molecule has 26 rings (SSSR count). The molecule has 16 nitrogen and oxygen atoms in total. The average molecular weight is 2740 g/mol. The van der Waals surface area contributed by atoms with E-state index in [0.717, 1.165) is 189 Å². The van der Waals surface area contributed by atoms with Gasteiger partial charge in [-0.15, -0.1) is 34.4 Å². The normalized spacial score (nSPS) is 11.4. The van der Waals surface area contributed by atoms with Crippen LogP contribution in [0.25, 0.3) is 204 Å². The molecule has 0 atom stereocenters. The molecule has 713 valence electrons. The van der Waals surface area contributed by atoms with E-state index < -0.39 is 0 Å². The number of benzene rings is 11. The number of rotatable bonds is 6. The van der Waals surface area contributed by atoms with Crippen LogP contribution in [0, 0.1) is 169 Å². The summed E-state index contributed by atoms with van der Waals surface area (Å²) in [6, 6.07) is 85.1. The molecular weight excluding hydrogens is 2640 g/mol. The van der Waals surface area contributed by atoms with Crippen LogP contribution >= 0.6 is 0 Å². The summed E-state index contributed by atoms with van der Waals surface area (Å²) in [5, 5.41) is 19.8. The quantitative estimate of drug-likeness (QED) is 0.145. The second-order valence-electron chi connectivity index (χ2n) is 36.6. The molecule has 0 N–H and O–H groups in total. The van der Waals surface area contributed by atoms with Crippen molar-refractivity contribution in [1.29, 1.82) is 0 Å². The largest absolute Gasteiger partial charge is 0.567 e. The summed E-state index contributed by atoms with van der Waals surface area (Å²) in [7, 11) is 0. The standard InChI is InChI=1S/C31H27N2O.C29H23N2O.C22H17N2O.C21H16N3O.C17H15N2O.5Ir/c1-17-9-7-10-18(2)26(17)25-16-32-31-23-15-22(6)34-30(23)29-24(33(25)31)14-13-21(5)28(29)27-19(3)11-8-12-20(27)4;1-17-8-5-9-18(2)25(17)21-12-7-13-23-27(21)28-22(14-15-32-28)29-30-16-24(31(23)29)26-19(3)10-6-11-20(26)4;1-13-7-6-8-14(2)20(13)18-12-23-24-19-11-15(3)25-22(19)17-10-5-4-9-16(17)21(18)24;1-12-6-4-7-13(2)18(12)15-8-5-9-16-19(15)20-17(10-11-25-20)24-21(16)22-14(3)23-24;1-9-5-6-14-15(12(9)4)16-13(7-11(3)20-16)17-18-8-10(2)19(14)17;;;;;/h7-14,16H,1-6H3;5-13,15-16H,1-4H3;4-10,12H,1-3H3;4-9,11H,1-3H3;5-6,8H,1-4H3;;;;;/q5*-1;;;;;. The number of pyridine rings is 5. The summed E-state index contributed by atoms with van der Waals surface area (Å²) >= 11 is 0. The summed E-state index contributed by atoms with van der Waals surface area (Å²) in [5.74, 6) is 3.09. The van der Waals surface area contributed by atoms with E-state index in [2.05, 4.69) is 357 Å². The van der Waals surface area contributed by atoms with E-state index >= 15 is 0 Å². The van der Waals surface area contributed by atoms with Crippen molar-refractivity contribution in [1.82, 2.24) is 52.4 Å². The topological polar surface area (TPSA) is 165 Å². The van der Waals surface area contributed by atoms with Gasteiger partial charge in [-0.3, -0.25) is 4.52 Å². The van der Waals surface area contributed by atoms with Crippen molar-refractivity contribution < 1.29 is 123 Å². The summed E-state index contributed by atoms with van der Waals surface area (Å²) in [6.07, 6.45) is 11.1. The molecular formula is C120H98Ir5N11O5-5. The predicted octanol–water partition coefficient (Wildman–Crippen LogP) is 30.7. The number of nitrogens with zero attached hydrogens (tertiary/aromatic N) is 11. The molecule has 0 unspecified atom stereocenters. The first-order valence-electron chi connectivity index (χ1n) is 46.1. The molecule has 15 heterocycles. The summed E-state index contributed by atoms with van der Waals surface area (Å²) in [5.41, 5.74) is 48.2. The van der Waals surface area contributed by atoms with E-state index in [1.807, 2.05) is 67.6 Å². The van der Waals surface area contributed by atoms with E-state index in [1.165, 1.54) is 128 Å². The molecule has 21 heteroatoms. The zero-order valence-corrected chi connectivity index (χ0v) is 93.5. The van der Waals surface area contributed by atoms with Crippen molar-refractivity contribution in [3.05, 3.63) is 374 Å². The minimum Gasteiger partial charge on any atom is -0.567 e. The van der Waals surface area contributed by atoms with Gasteiger partial charge in [-0.2, -0.15) is 22.3 Å². The minimum atomic E-state index is 0. The van der Waals surface area contributed by atoms with Crippen molar-refractivity contribution in [3.63, 3.8) is 0 Å². The third kappa shape index (κ3) is 16.4. The molecule has 0 aliphatic rings. The van der Waals surface area contributed by atoms with Crippen LogP contribution in [0.5, 0.6) is 0 Å². The second-order valence-corrected chi connectivity index (χ2v) is 36.6. The van der Waals surface area contributed by atoms with Gasteiger partial charge in [0.25, 0.3) is 0 Å². The van der Waals surface area contributed by atoms with Crippen LogP contribution in [0.4, 0.5) is 0 Å². The molecule has 0 saturated heterocycles. The SMILES string of the molecule is Cc1[c-]c2c(o1)c1c(-c3c(C)cccc3C)c(C)ccc1n1c(-c3c(C)cccc3C)cnc21.Cc1[c-]c2c(o1)c1c(C)c(C)ccc1n1c(C)cnc21.Cc1[c-]c2c(o1)c1ccccc1c1c(-c3c(C)cccc3C)cnn21.Cc1cccc(C)c1-c1cccc2c1c1oc[c-]c1c1ncc(-c3c(C)cccc3C)n21.Cc1nc2c3cccc(-c4c(C)cccc4C)c3c3oc[c-]c3n2n1.[Ir].[Ir].[Ir].[Ir].[Ir]. The van der Waals surface area contributed by atoms with Gasteiger partial charge in [0, 0.05) is 226 Å². The van der Waals surface area contributed by atoms with Gasteiger partial charge in [0.05, 0.1) is 23.1 Å². The Morgan fingerprint density at radius 3 is 1.24 bits per heavy atom. The Hall–Kier alpha value is -13.0. The van der Waals surface area contributed by atoms with Crippen LogP contribution in [0.2, 0.25) is 0 Å². The molecule has 15 aromatic heterocycles. The van der Waals surface area contributed by atoms with Gasteiger partial charge in [-0.05, 0) is 318 Å². The second kappa shape index (κ2) is 39.2. The van der Waals surface area contributed by atoms with Crippen LogP contribution < -0.4 is 0 Å². The Balaban J connectivity index is 0.000000122. The molecule has 141 heavy (non-hydrogen) atoms. The number of aromatic nitrogens is 11. The Morgan fingerprint density at radius 1 is 0.277 bits per heavy atom. The fraction of sp³-hybridized carbons (Fsp3) is 0.167. The Bertz CT molecular complexity index is 9370. The Morgan fingerprint density at radius 2 is 0.688 bits per heavy atom. The predicted molar refractivity (Wildman–Crippen MR) is 552 cm³/mol. The molecule has 26 aromatic rings. The van der Waals surface area contributed by atoms with Gasteiger partial charge in [0.15, 0.2) is 5.65 Å². The van der Waals surface area contributed by atoms with Crippen molar-refractivity contribution in [2.75, 3.05) is 0 Å². The summed E-state index contributed by atoms with van der Waals surface area (Å²) in [6.45, 7) is 42.3. The van der Waals surface area contributed by atoms with Gasteiger partial charge in [-0.1, -0.05) is 192 Å². The summed E-state index contributed by atoms with van der Waals surface area (Å²) in [4.78, 5) is 18.9. The van der Waals surface area contributed by atoms with Crippen molar-refractivity contribution >= 4 is 137 Å². The first kappa shape index (κ1) is 99.6. The number of fused-ring (bicyclic) bond motifs is 30. The molecule has 0 fully saturated rings. The van der Waals surface area contributed by atoms with Crippen LogP contribution in [0.3, 0.4) is 0 Å². The molecule has 0 aliphatic carbocycles. The average Bonchev–Trinajstić information content (AvgIpc) is 1.47. The number of hydrogen-bond donors (Lipinski definition) is 0. The molecule has 0 saturated carbocycles. The molecule has 0 bridgehead atoms. The fourth-order valence-corrected chi connectivity index (χ4v) is 21.4. The van der Waals surface area contributed by atoms with E-state index in [1.54, 1.807) is 12.5 Å². The van der Waals surface area contributed by atoms with Crippen molar-refractivity contribution in [3.8, 4) is 67.0 Å². The summed E-state index contributed by atoms with van der Waals surface area (Å²) < 4.78 is 40.6. The Kier molecular flexibility index (Phi) is 27.7. The van der Waals surface area contributed by atoms with Gasteiger partial charge < -0.3 is 50.2 Å². The van der Waals surface area contributed by atoms with Crippen LogP contribution in [-0.4, -0.2) is 52.4 Å². The maximum absolute atomic E-state index is 6.34. The van der Waals surface area contributed by atoms with Crippen LogP contribution in [0.15, 0.2) is 254 Å². The number of furan rings is 5. The minimum absolute atomic E-state index is 0. The maximum Gasteiger partial charge on any atom is 0.159 e. The molecule has 5 radical (unpaired) electrons. The first-order valence-corrected chi connectivity index (χ1v) is 46.1. The third-order valence-corrected chi connectivity index (χ3v) is 27.5. The van der Waals surface area contributed by atoms with Gasteiger partial charge in [0.2, 0.25) is 0 Å². The van der Waals surface area contributed by atoms with E-state index in [9.17, 15) is 0 Å². The van der Waals surface area contributed by atoms with Crippen molar-refractivity contribution in [2.24, 2.45) is 0 Å². The van der Waals surface area contributed by atoms with E-state index in [-0.39, 0.29) is 101 Å². The van der Waals surface area contributed by atoms with Gasteiger partial charge in [0.1, 0.15) is 5.82 Å². The smallest absolute Gasteiger partial charge is 0.159 e. The van der Waals surface area contributed by atoms with Crippen LogP contribution in [-0.2, 0) is 101 Å². The first-order chi connectivity index (χ1) is 65.8. The van der Waals surface area contributed by atoms with E-state index in [0.29, 0.717) is 0 Å². The molecule has 11 aromatic carbocycles. The van der Waals surface area contributed by atoms with Gasteiger partial charge >= 0.3 is 0 Å². The van der Waals surface area contributed by atoms with Crippen molar-refractivity contribution in [2.45, 2.75) is 138 Å². The number of aryl methyl sites for hydroxylation is 20. The monoisotopic (exact) mass is 2740 g/mol. The molecule has 0 amide bonds. The molecule has 0 spiro atoms. The van der Waals surface area contributed by atoms with Gasteiger partial charge in [-0.25, -0.2) is 9.50 Å².